The first-order chi connectivity index (χ1) is 6.43. The molecule has 0 bridgehead atoms. The third-order valence-electron chi connectivity index (χ3n) is 2.72. The van der Waals surface area contributed by atoms with E-state index in [0.717, 1.165) is 12.8 Å². The van der Waals surface area contributed by atoms with Gasteiger partial charge in [-0.3, -0.25) is 9.59 Å². The van der Waals surface area contributed by atoms with Crippen molar-refractivity contribution in [1.82, 2.24) is 0 Å². The molecule has 1 aliphatic rings. The highest BCUT2D eigenvalue weighted by molar-refractivity contribution is 7.65. The Balaban J connectivity index is 2.74. The zero-order valence-corrected chi connectivity index (χ0v) is 9.68. The van der Waals surface area contributed by atoms with Crippen LogP contribution in [0.5, 0.6) is 0 Å². The lowest BCUT2D eigenvalue weighted by Gasteiger charge is -2.26. The van der Waals surface area contributed by atoms with Crippen LogP contribution in [0, 0.1) is 0 Å². The van der Waals surface area contributed by atoms with Crippen LogP contribution in [0.2, 0.25) is 0 Å². The zero-order chi connectivity index (χ0) is 10.8. The molecule has 0 aliphatic heterocycles. The first-order valence-electron chi connectivity index (χ1n) is 5.02. The predicted octanol–water partition coefficient (Wildman–Crippen LogP) is 2.08. The Hall–Kier alpha value is -0.430. The molecule has 0 saturated heterocycles. The van der Waals surface area contributed by atoms with E-state index in [9.17, 15) is 14.2 Å². The summed E-state index contributed by atoms with van der Waals surface area (Å²) in [5.41, 5.74) is -0.333. The first-order valence-corrected chi connectivity index (χ1v) is 7.42. The third kappa shape index (κ3) is 2.78. The second-order valence-electron chi connectivity index (χ2n) is 4.26. The molecule has 1 aliphatic carbocycles. The summed E-state index contributed by atoms with van der Waals surface area (Å²) in [7, 11) is -2.58. The van der Waals surface area contributed by atoms with Gasteiger partial charge in [0.15, 0.2) is 0 Å². The van der Waals surface area contributed by atoms with Crippen molar-refractivity contribution in [2.24, 2.45) is 0 Å². The maximum Gasteiger partial charge on any atom is 0.143 e. The molecule has 1 fully saturated rings. The minimum atomic E-state index is -2.58. The fourth-order valence-corrected chi connectivity index (χ4v) is 4.67. The van der Waals surface area contributed by atoms with Gasteiger partial charge in [0.1, 0.15) is 18.7 Å². The minimum absolute atomic E-state index is 0.0748. The van der Waals surface area contributed by atoms with Gasteiger partial charge in [-0.15, -0.1) is 0 Å². The van der Waals surface area contributed by atoms with Crippen LogP contribution in [0.1, 0.15) is 32.6 Å². The predicted molar refractivity (Wildman–Crippen MR) is 56.3 cm³/mol. The largest absolute Gasteiger partial charge is 0.323 e. The van der Waals surface area contributed by atoms with Crippen molar-refractivity contribution in [3.05, 3.63) is 0 Å². The van der Waals surface area contributed by atoms with Crippen molar-refractivity contribution in [1.29, 1.82) is 0 Å². The van der Waals surface area contributed by atoms with Crippen LogP contribution >= 0.6 is 7.14 Å². The van der Waals surface area contributed by atoms with Crippen molar-refractivity contribution in [2.45, 2.75) is 38.3 Å². The van der Waals surface area contributed by atoms with E-state index in [1.807, 2.05) is 0 Å². The molecule has 0 N–H and O–H groups in total. The lowest BCUT2D eigenvalue weighted by molar-refractivity contribution is -0.119. The molecule has 0 aromatic rings. The van der Waals surface area contributed by atoms with Gasteiger partial charge in [0.2, 0.25) is 0 Å². The fourth-order valence-electron chi connectivity index (χ4n) is 2.09. The molecule has 0 aromatic carbocycles. The quantitative estimate of drug-likeness (QED) is 0.678. The molecule has 4 heteroatoms. The highest BCUT2D eigenvalue weighted by Crippen LogP contribution is 2.50. The molecule has 14 heavy (non-hydrogen) atoms. The van der Waals surface area contributed by atoms with Gasteiger partial charge < -0.3 is 4.57 Å². The van der Waals surface area contributed by atoms with E-state index in [1.54, 1.807) is 6.66 Å². The van der Waals surface area contributed by atoms with Crippen LogP contribution in [0.4, 0.5) is 0 Å². The van der Waals surface area contributed by atoms with Gasteiger partial charge in [0.25, 0.3) is 0 Å². The Kier molecular flexibility index (Phi) is 3.65. The second-order valence-corrected chi connectivity index (χ2v) is 7.55. The van der Waals surface area contributed by atoms with Crippen LogP contribution < -0.4 is 0 Å². The van der Waals surface area contributed by atoms with Crippen LogP contribution in [0.15, 0.2) is 0 Å². The monoisotopic (exact) mass is 216 g/mol. The van der Waals surface area contributed by atoms with Crippen molar-refractivity contribution >= 4 is 18.7 Å². The summed E-state index contributed by atoms with van der Waals surface area (Å²) in [4.78, 5) is 22.5. The molecule has 1 saturated carbocycles. The smallest absolute Gasteiger partial charge is 0.143 e. The lowest BCUT2D eigenvalue weighted by Crippen LogP contribution is -2.26. The van der Waals surface area contributed by atoms with E-state index in [2.05, 4.69) is 0 Å². The van der Waals surface area contributed by atoms with Crippen LogP contribution in [-0.2, 0) is 14.2 Å². The molecule has 2 atom stereocenters. The van der Waals surface area contributed by atoms with E-state index in [4.69, 9.17) is 0 Å². The molecule has 2 unspecified atom stereocenters. The molecule has 3 nitrogen and oxygen atoms in total. The van der Waals surface area contributed by atoms with Crippen molar-refractivity contribution in [2.75, 3.05) is 12.8 Å². The molecular weight excluding hydrogens is 199 g/mol. The van der Waals surface area contributed by atoms with Gasteiger partial charge in [0, 0.05) is 6.42 Å². The molecular formula is C10H17O3P. The summed E-state index contributed by atoms with van der Waals surface area (Å²) in [6.45, 7) is 3.03. The molecule has 0 aromatic heterocycles. The van der Waals surface area contributed by atoms with Crippen LogP contribution in [-0.4, -0.2) is 30.1 Å². The molecule has 0 amide bonds. The number of Topliss-reactive ketones (excluding diaryl/α,β-unsaturated/α-hetero) is 2. The first kappa shape index (κ1) is 11.6. The van der Waals surface area contributed by atoms with Gasteiger partial charge in [-0.2, -0.15) is 0 Å². The summed E-state index contributed by atoms with van der Waals surface area (Å²) in [6, 6.07) is 0. The number of ketones is 2. The van der Waals surface area contributed by atoms with Gasteiger partial charge in [-0.05, 0) is 26.4 Å². The average Bonchev–Trinajstić information content (AvgIpc) is 2.02. The Labute approximate surface area is 84.6 Å². The van der Waals surface area contributed by atoms with E-state index in [-0.39, 0.29) is 23.4 Å². The summed E-state index contributed by atoms with van der Waals surface area (Å²) >= 11 is 0. The lowest BCUT2D eigenvalue weighted by atomic mass is 9.99. The Bertz CT molecular complexity index is 296. The SMILES string of the molecule is CC(=O)CP(C)(=O)C1CCCCC1=O. The Morgan fingerprint density at radius 3 is 2.64 bits per heavy atom. The van der Waals surface area contributed by atoms with E-state index in [1.165, 1.54) is 6.92 Å². The van der Waals surface area contributed by atoms with Gasteiger partial charge >= 0.3 is 0 Å². The summed E-state index contributed by atoms with van der Waals surface area (Å²) in [5.74, 6) is 0.0255. The van der Waals surface area contributed by atoms with Crippen molar-refractivity contribution in [3.63, 3.8) is 0 Å². The standard InChI is InChI=1S/C10H17O3P/c1-8(11)7-14(2,13)10-6-4-3-5-9(10)12/h10H,3-7H2,1-2H3. The fraction of sp³-hybridized carbons (Fsp3) is 0.800. The minimum Gasteiger partial charge on any atom is -0.323 e. The van der Waals surface area contributed by atoms with Gasteiger partial charge in [-0.25, -0.2) is 0 Å². The zero-order valence-electron chi connectivity index (χ0n) is 8.78. The molecule has 0 spiro atoms. The molecule has 0 radical (unpaired) electrons. The number of hydrogen-bond acceptors (Lipinski definition) is 3. The number of carbonyl (C=O) groups excluding carboxylic acids is 2. The van der Waals surface area contributed by atoms with E-state index < -0.39 is 7.14 Å². The molecule has 80 valence electrons. The van der Waals surface area contributed by atoms with Gasteiger partial charge in [-0.1, -0.05) is 6.42 Å². The Morgan fingerprint density at radius 2 is 2.14 bits per heavy atom. The number of rotatable bonds is 3. The van der Waals surface area contributed by atoms with Crippen LogP contribution in [0.3, 0.4) is 0 Å². The normalized spacial score (nSPS) is 27.0. The van der Waals surface area contributed by atoms with Crippen molar-refractivity contribution in [3.8, 4) is 0 Å². The maximum atomic E-state index is 12.1. The topological polar surface area (TPSA) is 51.2 Å². The summed E-state index contributed by atoms with van der Waals surface area (Å²) in [5, 5.41) is 0. The Morgan fingerprint density at radius 1 is 1.50 bits per heavy atom. The highest BCUT2D eigenvalue weighted by atomic mass is 31.2. The van der Waals surface area contributed by atoms with Gasteiger partial charge in [0.05, 0.1) is 11.8 Å². The molecule has 1 rings (SSSR count). The van der Waals surface area contributed by atoms with Crippen LogP contribution in [0.25, 0.3) is 0 Å². The summed E-state index contributed by atoms with van der Waals surface area (Å²) < 4.78 is 12.1. The summed E-state index contributed by atoms with van der Waals surface area (Å²) in [6.07, 6.45) is 3.21. The van der Waals surface area contributed by atoms with E-state index in [0.29, 0.717) is 12.8 Å². The number of hydrogen-bond donors (Lipinski definition) is 0. The molecule has 0 heterocycles. The van der Waals surface area contributed by atoms with Crippen molar-refractivity contribution < 1.29 is 14.2 Å². The second kappa shape index (κ2) is 4.39. The highest BCUT2D eigenvalue weighted by Gasteiger charge is 2.36. The average molecular weight is 216 g/mol. The third-order valence-corrected chi connectivity index (χ3v) is 5.66. The van der Waals surface area contributed by atoms with E-state index >= 15 is 0 Å². The maximum absolute atomic E-state index is 12.1. The number of carbonyl (C=O) groups is 2.